The number of halogens is 2. The van der Waals surface area contributed by atoms with Crippen LogP contribution in [-0.4, -0.2) is 16.2 Å². The number of amidine groups is 1. The molecule has 0 spiro atoms. The van der Waals surface area contributed by atoms with Gasteiger partial charge < -0.3 is 10.4 Å². The molecule has 0 aliphatic carbocycles. The molecule has 0 radical (unpaired) electrons. The molecule has 24 heavy (non-hydrogen) atoms. The van der Waals surface area contributed by atoms with Crippen LogP contribution in [0.1, 0.15) is 11.1 Å². The molecule has 1 aliphatic heterocycles. The average Bonchev–Trinajstić information content (AvgIpc) is 2.85. The summed E-state index contributed by atoms with van der Waals surface area (Å²) in [6, 6.07) is 10.2. The van der Waals surface area contributed by atoms with E-state index in [4.69, 9.17) is 23.2 Å². The lowest BCUT2D eigenvalue weighted by atomic mass is 10.2. The highest BCUT2D eigenvalue weighted by Crippen LogP contribution is 2.33. The summed E-state index contributed by atoms with van der Waals surface area (Å²) in [6.07, 6.45) is 1.68. The smallest absolute Gasteiger partial charge is 0.264 e. The number of carbonyl (C=O) groups is 1. The van der Waals surface area contributed by atoms with Crippen molar-refractivity contribution in [3.8, 4) is 5.75 Å². The molecule has 0 aromatic heterocycles. The minimum absolute atomic E-state index is 0.0653. The average molecular weight is 379 g/mol. The molecule has 2 aromatic rings. The normalized spacial score (nSPS) is 17.5. The first-order valence-electron chi connectivity index (χ1n) is 6.96. The quantitative estimate of drug-likeness (QED) is 0.730. The zero-order valence-electron chi connectivity index (χ0n) is 12.5. The molecule has 4 nitrogen and oxygen atoms in total. The molecule has 1 amide bonds. The van der Waals surface area contributed by atoms with E-state index in [1.807, 2.05) is 13.0 Å². The van der Waals surface area contributed by atoms with Crippen molar-refractivity contribution in [2.24, 2.45) is 4.99 Å². The van der Waals surface area contributed by atoms with E-state index in [0.29, 0.717) is 31.4 Å². The number of nitrogens with zero attached hydrogens (tertiary/aromatic N) is 1. The van der Waals surface area contributed by atoms with Crippen molar-refractivity contribution in [2.75, 3.05) is 0 Å². The SMILES string of the molecule is Cc1ccc(N=C2NC(=O)/C(=C/c3ccc(Cl)cc3Cl)S2)c(O)c1. The largest absolute Gasteiger partial charge is 0.506 e. The molecule has 0 bridgehead atoms. The Morgan fingerprint density at radius 1 is 1.21 bits per heavy atom. The highest BCUT2D eigenvalue weighted by Gasteiger charge is 2.24. The predicted octanol–water partition coefficient (Wildman–Crippen LogP) is 4.90. The zero-order chi connectivity index (χ0) is 17.3. The molecule has 2 N–H and O–H groups in total. The Hall–Kier alpha value is -1.95. The number of aryl methyl sites for hydroxylation is 1. The van der Waals surface area contributed by atoms with Crippen molar-refractivity contribution >= 4 is 57.8 Å². The van der Waals surface area contributed by atoms with Gasteiger partial charge in [-0.25, -0.2) is 4.99 Å². The van der Waals surface area contributed by atoms with E-state index in [2.05, 4.69) is 10.3 Å². The summed E-state index contributed by atoms with van der Waals surface area (Å²) >= 11 is 13.2. The van der Waals surface area contributed by atoms with Gasteiger partial charge in [0.15, 0.2) is 5.17 Å². The Morgan fingerprint density at radius 2 is 2.00 bits per heavy atom. The van der Waals surface area contributed by atoms with Gasteiger partial charge in [-0.1, -0.05) is 35.3 Å². The van der Waals surface area contributed by atoms with E-state index < -0.39 is 0 Å². The highest BCUT2D eigenvalue weighted by atomic mass is 35.5. The van der Waals surface area contributed by atoms with Crippen molar-refractivity contribution in [2.45, 2.75) is 6.92 Å². The van der Waals surface area contributed by atoms with Crippen LogP contribution in [0.25, 0.3) is 6.08 Å². The van der Waals surface area contributed by atoms with Gasteiger partial charge in [-0.05, 0) is 60.2 Å². The second-order valence-corrected chi connectivity index (χ2v) is 7.01. The van der Waals surface area contributed by atoms with Crippen LogP contribution in [0, 0.1) is 6.92 Å². The molecule has 3 rings (SSSR count). The first kappa shape index (κ1) is 16.9. The number of benzene rings is 2. The number of phenols is 1. The lowest BCUT2D eigenvalue weighted by molar-refractivity contribution is -0.115. The maximum Gasteiger partial charge on any atom is 0.264 e. The van der Waals surface area contributed by atoms with Crippen LogP contribution in [0.5, 0.6) is 5.75 Å². The van der Waals surface area contributed by atoms with E-state index in [9.17, 15) is 9.90 Å². The summed E-state index contributed by atoms with van der Waals surface area (Å²) in [5.74, 6) is -0.202. The maximum absolute atomic E-state index is 12.1. The van der Waals surface area contributed by atoms with E-state index in [1.54, 1.807) is 36.4 Å². The summed E-state index contributed by atoms with van der Waals surface area (Å²) in [5, 5.41) is 14.0. The van der Waals surface area contributed by atoms with E-state index in [1.165, 1.54) is 11.8 Å². The fourth-order valence-electron chi connectivity index (χ4n) is 2.08. The first-order chi connectivity index (χ1) is 11.4. The van der Waals surface area contributed by atoms with Gasteiger partial charge in [0.1, 0.15) is 11.4 Å². The molecule has 122 valence electrons. The van der Waals surface area contributed by atoms with Gasteiger partial charge in [0.25, 0.3) is 5.91 Å². The molecule has 2 aromatic carbocycles. The van der Waals surface area contributed by atoms with Crippen molar-refractivity contribution in [3.63, 3.8) is 0 Å². The van der Waals surface area contributed by atoms with Crippen molar-refractivity contribution in [3.05, 3.63) is 62.5 Å². The standard InChI is InChI=1S/C17H12Cl2N2O2S/c1-9-2-5-13(14(22)6-9)20-17-21-16(23)15(24-17)7-10-3-4-11(18)8-12(10)19/h2-8,22H,1H3,(H,20,21,23)/b15-7-. The summed E-state index contributed by atoms with van der Waals surface area (Å²) in [5.41, 5.74) is 2.02. The number of hydrogen-bond donors (Lipinski definition) is 2. The van der Waals surface area contributed by atoms with Gasteiger partial charge in [-0.2, -0.15) is 0 Å². The zero-order valence-corrected chi connectivity index (χ0v) is 14.8. The third kappa shape index (κ3) is 3.75. The van der Waals surface area contributed by atoms with Crippen molar-refractivity contribution in [1.29, 1.82) is 0 Å². The molecule has 1 fully saturated rings. The number of amides is 1. The Kier molecular flexibility index (Phi) is 4.85. The third-order valence-corrected chi connectivity index (χ3v) is 4.73. The monoisotopic (exact) mass is 378 g/mol. The van der Waals surface area contributed by atoms with Crippen LogP contribution in [0.15, 0.2) is 46.3 Å². The summed E-state index contributed by atoms with van der Waals surface area (Å²) in [7, 11) is 0. The van der Waals surface area contributed by atoms with Gasteiger partial charge in [0.05, 0.1) is 4.91 Å². The molecular formula is C17H12Cl2N2O2S. The molecule has 1 saturated heterocycles. The maximum atomic E-state index is 12.1. The number of rotatable bonds is 2. The number of thioether (sulfide) groups is 1. The van der Waals surface area contributed by atoms with Crippen LogP contribution in [-0.2, 0) is 4.79 Å². The fraction of sp³-hybridized carbons (Fsp3) is 0.0588. The topological polar surface area (TPSA) is 61.7 Å². The van der Waals surface area contributed by atoms with E-state index in [0.717, 1.165) is 5.56 Å². The predicted molar refractivity (Wildman–Crippen MR) is 100 cm³/mol. The number of phenolic OH excluding ortho intramolecular Hbond substituents is 1. The summed E-state index contributed by atoms with van der Waals surface area (Å²) in [6.45, 7) is 1.87. The number of carbonyl (C=O) groups excluding carboxylic acids is 1. The van der Waals surface area contributed by atoms with Gasteiger partial charge in [0, 0.05) is 10.0 Å². The number of aromatic hydroxyl groups is 1. The molecule has 1 heterocycles. The lowest BCUT2D eigenvalue weighted by Crippen LogP contribution is -2.19. The van der Waals surface area contributed by atoms with Gasteiger partial charge in [0.2, 0.25) is 0 Å². The number of aliphatic imine (C=N–C) groups is 1. The molecule has 0 unspecified atom stereocenters. The molecular weight excluding hydrogens is 367 g/mol. The van der Waals surface area contributed by atoms with Crippen molar-refractivity contribution < 1.29 is 9.90 Å². The van der Waals surface area contributed by atoms with E-state index >= 15 is 0 Å². The van der Waals surface area contributed by atoms with E-state index in [-0.39, 0.29) is 11.7 Å². The second-order valence-electron chi connectivity index (χ2n) is 5.14. The van der Waals surface area contributed by atoms with Gasteiger partial charge in [-0.15, -0.1) is 0 Å². The number of nitrogens with one attached hydrogen (secondary N) is 1. The second kappa shape index (κ2) is 6.89. The molecule has 7 heteroatoms. The first-order valence-corrected chi connectivity index (χ1v) is 8.54. The van der Waals surface area contributed by atoms with Crippen LogP contribution < -0.4 is 5.32 Å². The minimum atomic E-state index is -0.267. The molecule has 0 atom stereocenters. The molecule has 0 saturated carbocycles. The highest BCUT2D eigenvalue weighted by molar-refractivity contribution is 8.18. The van der Waals surface area contributed by atoms with Gasteiger partial charge in [-0.3, -0.25) is 4.79 Å². The Balaban J connectivity index is 1.88. The summed E-state index contributed by atoms with van der Waals surface area (Å²) in [4.78, 5) is 16.8. The van der Waals surface area contributed by atoms with Crippen LogP contribution in [0.2, 0.25) is 10.0 Å². The number of hydrogen-bond acceptors (Lipinski definition) is 4. The lowest BCUT2D eigenvalue weighted by Gasteiger charge is -2.01. The third-order valence-electron chi connectivity index (χ3n) is 3.25. The summed E-state index contributed by atoms with van der Waals surface area (Å²) < 4.78 is 0. The Morgan fingerprint density at radius 3 is 2.71 bits per heavy atom. The minimum Gasteiger partial charge on any atom is -0.506 e. The Labute approximate surface area is 153 Å². The van der Waals surface area contributed by atoms with Crippen LogP contribution in [0.4, 0.5) is 5.69 Å². The Bertz CT molecular complexity index is 894. The van der Waals surface area contributed by atoms with Crippen LogP contribution in [0.3, 0.4) is 0 Å². The van der Waals surface area contributed by atoms with Gasteiger partial charge >= 0.3 is 0 Å². The fourth-order valence-corrected chi connectivity index (χ4v) is 3.37. The van der Waals surface area contributed by atoms with Crippen LogP contribution >= 0.6 is 35.0 Å². The van der Waals surface area contributed by atoms with Crippen molar-refractivity contribution in [1.82, 2.24) is 5.32 Å². The molecule has 1 aliphatic rings.